The van der Waals surface area contributed by atoms with Crippen LogP contribution in [0.3, 0.4) is 0 Å². The van der Waals surface area contributed by atoms with Crippen molar-refractivity contribution in [2.45, 2.75) is 20.0 Å². The first-order valence-corrected chi connectivity index (χ1v) is 6.37. The predicted octanol–water partition coefficient (Wildman–Crippen LogP) is 2.74. The van der Waals surface area contributed by atoms with E-state index in [2.05, 4.69) is 15.3 Å². The van der Waals surface area contributed by atoms with Gasteiger partial charge in [0.15, 0.2) is 0 Å². The molecule has 0 saturated heterocycles. The molecule has 4 nitrogen and oxygen atoms in total. The highest BCUT2D eigenvalue weighted by Gasteiger charge is 2.04. The van der Waals surface area contributed by atoms with Gasteiger partial charge in [0.1, 0.15) is 5.75 Å². The summed E-state index contributed by atoms with van der Waals surface area (Å²) in [6, 6.07) is 5.58. The first-order valence-electron chi connectivity index (χ1n) is 5.99. The number of hydrogen-bond donors (Lipinski definition) is 1. The fourth-order valence-electron chi connectivity index (χ4n) is 1.72. The molecule has 0 saturated carbocycles. The Bertz CT molecular complexity index is 543. The topological polar surface area (TPSA) is 47.0 Å². The van der Waals surface area contributed by atoms with Crippen molar-refractivity contribution < 1.29 is 4.74 Å². The van der Waals surface area contributed by atoms with Gasteiger partial charge < -0.3 is 10.1 Å². The molecular weight excluding hydrogens is 262 g/mol. The van der Waals surface area contributed by atoms with E-state index in [1.807, 2.05) is 25.1 Å². The van der Waals surface area contributed by atoms with Crippen LogP contribution in [0.1, 0.15) is 17.0 Å². The molecular formula is C14H16ClN3O. The Hall–Kier alpha value is -1.65. The molecule has 1 aromatic carbocycles. The summed E-state index contributed by atoms with van der Waals surface area (Å²) in [5, 5.41) is 4.00. The van der Waals surface area contributed by atoms with Gasteiger partial charge in [0.25, 0.3) is 0 Å². The van der Waals surface area contributed by atoms with Crippen LogP contribution in [-0.2, 0) is 13.1 Å². The summed E-state index contributed by atoms with van der Waals surface area (Å²) >= 11 is 5.98. The van der Waals surface area contributed by atoms with E-state index in [0.717, 1.165) is 22.7 Å². The third kappa shape index (κ3) is 3.91. The second-order valence-corrected chi connectivity index (χ2v) is 4.65. The number of methoxy groups -OCH3 is 1. The van der Waals surface area contributed by atoms with Crippen molar-refractivity contribution >= 4 is 11.6 Å². The van der Waals surface area contributed by atoms with Crippen molar-refractivity contribution in [2.24, 2.45) is 0 Å². The van der Waals surface area contributed by atoms with E-state index in [1.165, 1.54) is 0 Å². The predicted molar refractivity (Wildman–Crippen MR) is 75.3 cm³/mol. The number of nitrogens with one attached hydrogen (secondary N) is 1. The zero-order valence-corrected chi connectivity index (χ0v) is 11.7. The van der Waals surface area contributed by atoms with Gasteiger partial charge in [-0.25, -0.2) is 0 Å². The molecule has 1 heterocycles. The van der Waals surface area contributed by atoms with Gasteiger partial charge in [-0.2, -0.15) is 0 Å². The van der Waals surface area contributed by atoms with Crippen LogP contribution in [0.5, 0.6) is 5.75 Å². The molecule has 0 aliphatic heterocycles. The van der Waals surface area contributed by atoms with Crippen molar-refractivity contribution in [1.82, 2.24) is 15.3 Å². The minimum Gasteiger partial charge on any atom is -0.496 e. The molecule has 19 heavy (non-hydrogen) atoms. The van der Waals surface area contributed by atoms with Crippen LogP contribution in [0.15, 0.2) is 30.6 Å². The standard InChI is InChI=1S/C14H16ClN3O/c1-10-6-18-13(9-17-10)8-16-7-11-5-12(15)3-4-14(11)19-2/h3-6,9,16H,7-8H2,1-2H3. The molecule has 0 unspecified atom stereocenters. The SMILES string of the molecule is COc1ccc(Cl)cc1CNCc1cnc(C)cn1. The van der Waals surface area contributed by atoms with Crippen LogP contribution >= 0.6 is 11.6 Å². The monoisotopic (exact) mass is 277 g/mol. The third-order valence-electron chi connectivity index (χ3n) is 2.70. The molecule has 1 aromatic heterocycles. The Kier molecular flexibility index (Phi) is 4.71. The Balaban J connectivity index is 1.95. The molecule has 100 valence electrons. The van der Waals surface area contributed by atoms with Crippen molar-refractivity contribution in [3.8, 4) is 5.75 Å². The van der Waals surface area contributed by atoms with E-state index in [1.54, 1.807) is 19.5 Å². The average molecular weight is 278 g/mol. The fourth-order valence-corrected chi connectivity index (χ4v) is 1.92. The van der Waals surface area contributed by atoms with Crippen LogP contribution in [0.2, 0.25) is 5.02 Å². The molecule has 0 fully saturated rings. The minimum atomic E-state index is 0.656. The molecule has 0 aliphatic carbocycles. The summed E-state index contributed by atoms with van der Waals surface area (Å²) < 4.78 is 5.29. The lowest BCUT2D eigenvalue weighted by atomic mass is 10.2. The summed E-state index contributed by atoms with van der Waals surface area (Å²) in [6.07, 6.45) is 3.54. The number of rotatable bonds is 5. The van der Waals surface area contributed by atoms with Crippen molar-refractivity contribution in [3.05, 3.63) is 52.6 Å². The maximum Gasteiger partial charge on any atom is 0.123 e. The number of aryl methyl sites for hydroxylation is 1. The van der Waals surface area contributed by atoms with E-state index < -0.39 is 0 Å². The lowest BCUT2D eigenvalue weighted by Crippen LogP contribution is -2.14. The second kappa shape index (κ2) is 6.50. The summed E-state index contributed by atoms with van der Waals surface area (Å²) in [6.45, 7) is 3.24. The van der Waals surface area contributed by atoms with Gasteiger partial charge in [-0.05, 0) is 25.1 Å². The Morgan fingerprint density at radius 1 is 1.21 bits per heavy atom. The summed E-state index contributed by atoms with van der Waals surface area (Å²) in [7, 11) is 1.65. The van der Waals surface area contributed by atoms with E-state index in [9.17, 15) is 0 Å². The number of hydrogen-bond acceptors (Lipinski definition) is 4. The van der Waals surface area contributed by atoms with Gasteiger partial charge in [-0.1, -0.05) is 11.6 Å². The van der Waals surface area contributed by atoms with Gasteiger partial charge >= 0.3 is 0 Å². The van der Waals surface area contributed by atoms with Crippen LogP contribution < -0.4 is 10.1 Å². The van der Waals surface area contributed by atoms with Crippen LogP contribution in [0.25, 0.3) is 0 Å². The molecule has 2 rings (SSSR count). The van der Waals surface area contributed by atoms with Crippen LogP contribution in [0.4, 0.5) is 0 Å². The van der Waals surface area contributed by atoms with E-state index in [-0.39, 0.29) is 0 Å². The normalized spacial score (nSPS) is 10.5. The van der Waals surface area contributed by atoms with Crippen molar-refractivity contribution in [1.29, 1.82) is 0 Å². The Labute approximate surface area is 117 Å². The maximum atomic E-state index is 5.98. The van der Waals surface area contributed by atoms with Crippen molar-refractivity contribution in [3.63, 3.8) is 0 Å². The molecule has 1 N–H and O–H groups in total. The first kappa shape index (κ1) is 13.8. The maximum absolute atomic E-state index is 5.98. The Morgan fingerprint density at radius 3 is 2.74 bits per heavy atom. The zero-order chi connectivity index (χ0) is 13.7. The summed E-state index contributed by atoms with van der Waals surface area (Å²) in [4.78, 5) is 8.49. The van der Waals surface area contributed by atoms with Gasteiger partial charge in [0.05, 0.1) is 18.5 Å². The first-order chi connectivity index (χ1) is 9.19. The highest BCUT2D eigenvalue weighted by Crippen LogP contribution is 2.22. The van der Waals surface area contributed by atoms with Crippen LogP contribution in [0, 0.1) is 6.92 Å². The highest BCUT2D eigenvalue weighted by molar-refractivity contribution is 6.30. The third-order valence-corrected chi connectivity index (χ3v) is 2.93. The van der Waals surface area contributed by atoms with Crippen molar-refractivity contribution in [2.75, 3.05) is 7.11 Å². The molecule has 0 amide bonds. The minimum absolute atomic E-state index is 0.656. The second-order valence-electron chi connectivity index (χ2n) is 4.21. The molecule has 0 aliphatic rings. The molecule has 0 spiro atoms. The number of halogens is 1. The van der Waals surface area contributed by atoms with E-state index >= 15 is 0 Å². The molecule has 0 atom stereocenters. The lowest BCUT2D eigenvalue weighted by Gasteiger charge is -2.10. The quantitative estimate of drug-likeness (QED) is 0.913. The molecule has 0 radical (unpaired) electrons. The molecule has 0 bridgehead atoms. The number of ether oxygens (including phenoxy) is 1. The van der Waals surface area contributed by atoms with Gasteiger partial charge in [-0.3, -0.25) is 9.97 Å². The summed E-state index contributed by atoms with van der Waals surface area (Å²) in [5.41, 5.74) is 2.85. The molecule has 2 aromatic rings. The average Bonchev–Trinajstić information content (AvgIpc) is 2.41. The number of nitrogens with zero attached hydrogens (tertiary/aromatic N) is 2. The fraction of sp³-hybridized carbons (Fsp3) is 0.286. The number of aromatic nitrogens is 2. The number of benzene rings is 1. The highest BCUT2D eigenvalue weighted by atomic mass is 35.5. The smallest absolute Gasteiger partial charge is 0.123 e. The van der Waals surface area contributed by atoms with Crippen LogP contribution in [-0.4, -0.2) is 17.1 Å². The Morgan fingerprint density at radius 2 is 2.05 bits per heavy atom. The van der Waals surface area contributed by atoms with E-state index in [4.69, 9.17) is 16.3 Å². The lowest BCUT2D eigenvalue weighted by molar-refractivity contribution is 0.407. The zero-order valence-electron chi connectivity index (χ0n) is 11.0. The summed E-state index contributed by atoms with van der Waals surface area (Å²) in [5.74, 6) is 0.826. The molecule has 5 heteroatoms. The van der Waals surface area contributed by atoms with E-state index in [0.29, 0.717) is 18.1 Å². The van der Waals surface area contributed by atoms with Gasteiger partial charge in [0.2, 0.25) is 0 Å². The largest absolute Gasteiger partial charge is 0.496 e. The van der Waals surface area contributed by atoms with Gasteiger partial charge in [-0.15, -0.1) is 0 Å². The van der Waals surface area contributed by atoms with Gasteiger partial charge in [0, 0.05) is 36.1 Å².